The first kappa shape index (κ1) is 25.2. The SMILES string of the molecule is CN=C(NCCc1nccn1Cc1ccccc1)N1CC(C)OC(c2ccc(F)cc2)C1.I. The quantitative estimate of drug-likeness (QED) is 0.277. The third-order valence-electron chi connectivity index (χ3n) is 5.64. The Kier molecular flexibility index (Phi) is 9.25. The van der Waals surface area contributed by atoms with Gasteiger partial charge in [-0.2, -0.15) is 0 Å². The second-order valence-electron chi connectivity index (χ2n) is 8.07. The largest absolute Gasteiger partial charge is 0.367 e. The molecule has 1 N–H and O–H groups in total. The van der Waals surface area contributed by atoms with Crippen molar-refractivity contribution in [1.29, 1.82) is 0 Å². The van der Waals surface area contributed by atoms with E-state index >= 15 is 0 Å². The van der Waals surface area contributed by atoms with Crippen molar-refractivity contribution in [3.8, 4) is 0 Å². The van der Waals surface area contributed by atoms with Crippen molar-refractivity contribution in [2.45, 2.75) is 32.1 Å². The van der Waals surface area contributed by atoms with Gasteiger partial charge in [0.25, 0.3) is 0 Å². The van der Waals surface area contributed by atoms with Gasteiger partial charge in [0.15, 0.2) is 5.96 Å². The molecule has 8 heteroatoms. The smallest absolute Gasteiger partial charge is 0.193 e. The Labute approximate surface area is 211 Å². The van der Waals surface area contributed by atoms with Gasteiger partial charge in [-0.15, -0.1) is 24.0 Å². The molecule has 1 saturated heterocycles. The number of imidazole rings is 1. The third kappa shape index (κ3) is 6.77. The monoisotopic (exact) mass is 563 g/mol. The fraction of sp³-hybridized carbons (Fsp3) is 0.360. The van der Waals surface area contributed by atoms with Crippen molar-refractivity contribution in [2.75, 3.05) is 26.7 Å². The lowest BCUT2D eigenvalue weighted by Crippen LogP contribution is -2.51. The number of nitrogens with one attached hydrogen (secondary N) is 1. The number of benzene rings is 2. The van der Waals surface area contributed by atoms with Crippen LogP contribution in [0, 0.1) is 5.82 Å². The van der Waals surface area contributed by atoms with Crippen LogP contribution in [0.3, 0.4) is 0 Å². The number of nitrogens with zero attached hydrogens (tertiary/aromatic N) is 4. The van der Waals surface area contributed by atoms with Crippen LogP contribution >= 0.6 is 24.0 Å². The van der Waals surface area contributed by atoms with Gasteiger partial charge in [0, 0.05) is 45.5 Å². The molecule has 2 atom stereocenters. The predicted octanol–water partition coefficient (Wildman–Crippen LogP) is 4.27. The topological polar surface area (TPSA) is 54.7 Å². The second-order valence-corrected chi connectivity index (χ2v) is 8.07. The molecule has 1 aliphatic heterocycles. The first-order chi connectivity index (χ1) is 15.6. The highest BCUT2D eigenvalue weighted by atomic mass is 127. The highest BCUT2D eigenvalue weighted by molar-refractivity contribution is 14.0. The lowest BCUT2D eigenvalue weighted by Gasteiger charge is -2.38. The molecule has 0 saturated carbocycles. The van der Waals surface area contributed by atoms with Gasteiger partial charge in [0.1, 0.15) is 17.7 Å². The first-order valence-electron chi connectivity index (χ1n) is 11.0. The average molecular weight is 563 g/mol. The fourth-order valence-electron chi connectivity index (χ4n) is 4.10. The average Bonchev–Trinajstić information content (AvgIpc) is 3.24. The molecule has 2 aromatic carbocycles. The Hall–Kier alpha value is -2.46. The molecule has 33 heavy (non-hydrogen) atoms. The molecule has 0 aliphatic carbocycles. The number of morpholine rings is 1. The van der Waals surface area contributed by atoms with Crippen molar-refractivity contribution < 1.29 is 9.13 Å². The number of ether oxygens (including phenoxy) is 1. The number of aromatic nitrogens is 2. The Morgan fingerprint density at radius 3 is 2.64 bits per heavy atom. The van der Waals surface area contributed by atoms with Crippen LogP contribution in [0.25, 0.3) is 0 Å². The molecule has 3 aromatic rings. The van der Waals surface area contributed by atoms with E-state index in [1.54, 1.807) is 19.2 Å². The molecule has 1 aromatic heterocycles. The van der Waals surface area contributed by atoms with E-state index < -0.39 is 0 Å². The van der Waals surface area contributed by atoms with E-state index in [2.05, 4.69) is 55.9 Å². The first-order valence-corrected chi connectivity index (χ1v) is 11.0. The summed E-state index contributed by atoms with van der Waals surface area (Å²) in [5.74, 6) is 1.64. The summed E-state index contributed by atoms with van der Waals surface area (Å²) in [6.45, 7) is 5.01. The van der Waals surface area contributed by atoms with Crippen LogP contribution in [0.1, 0.15) is 30.0 Å². The summed E-state index contributed by atoms with van der Waals surface area (Å²) in [7, 11) is 1.80. The standard InChI is InChI=1S/C25H30FN5O.HI/c1-19-16-31(18-23(32-19)21-8-10-22(26)11-9-21)25(27-2)29-13-12-24-28-14-15-30(24)17-20-6-4-3-5-7-20;/h3-11,14-15,19,23H,12-13,16-18H2,1-2H3,(H,27,29);1H. The minimum atomic E-state index is -0.238. The predicted molar refractivity (Wildman–Crippen MR) is 140 cm³/mol. The van der Waals surface area contributed by atoms with Crippen LogP contribution in [-0.2, 0) is 17.7 Å². The maximum Gasteiger partial charge on any atom is 0.193 e. The molecule has 1 fully saturated rings. The molecule has 0 bridgehead atoms. The maximum atomic E-state index is 13.3. The summed E-state index contributed by atoms with van der Waals surface area (Å²) in [4.78, 5) is 11.2. The summed E-state index contributed by atoms with van der Waals surface area (Å²) in [6.07, 6.45) is 4.59. The third-order valence-corrected chi connectivity index (χ3v) is 5.64. The summed E-state index contributed by atoms with van der Waals surface area (Å²) in [5.41, 5.74) is 2.23. The van der Waals surface area contributed by atoms with E-state index in [1.165, 1.54) is 17.7 Å². The fourth-order valence-corrected chi connectivity index (χ4v) is 4.10. The van der Waals surface area contributed by atoms with Crippen molar-refractivity contribution in [3.63, 3.8) is 0 Å². The summed E-state index contributed by atoms with van der Waals surface area (Å²) in [6, 6.07) is 16.9. The molecule has 0 spiro atoms. The van der Waals surface area contributed by atoms with E-state index in [9.17, 15) is 4.39 Å². The second kappa shape index (κ2) is 12.1. The number of aliphatic imine (C=N–C) groups is 1. The molecule has 6 nitrogen and oxygen atoms in total. The minimum Gasteiger partial charge on any atom is -0.367 e. The van der Waals surface area contributed by atoms with Gasteiger partial charge in [-0.05, 0) is 30.2 Å². The lowest BCUT2D eigenvalue weighted by atomic mass is 10.1. The van der Waals surface area contributed by atoms with Crippen LogP contribution in [0.5, 0.6) is 0 Å². The van der Waals surface area contributed by atoms with E-state index in [4.69, 9.17) is 4.74 Å². The van der Waals surface area contributed by atoms with Crippen molar-refractivity contribution in [3.05, 3.63) is 89.8 Å². The zero-order valence-electron chi connectivity index (χ0n) is 19.0. The van der Waals surface area contributed by atoms with Crippen molar-refractivity contribution in [1.82, 2.24) is 19.8 Å². The van der Waals surface area contributed by atoms with Gasteiger partial charge in [0.2, 0.25) is 0 Å². The lowest BCUT2D eigenvalue weighted by molar-refractivity contribution is -0.0604. The summed E-state index contributed by atoms with van der Waals surface area (Å²) < 4.78 is 21.6. The maximum absolute atomic E-state index is 13.3. The molecular weight excluding hydrogens is 532 g/mol. The minimum absolute atomic E-state index is 0. The number of guanidine groups is 1. The Balaban J connectivity index is 0.00000306. The zero-order chi connectivity index (χ0) is 22.3. The number of hydrogen-bond acceptors (Lipinski definition) is 3. The van der Waals surface area contributed by atoms with Crippen LogP contribution in [0.2, 0.25) is 0 Å². The van der Waals surface area contributed by atoms with Crippen LogP contribution in [0.15, 0.2) is 72.0 Å². The van der Waals surface area contributed by atoms with E-state index in [-0.39, 0.29) is 42.0 Å². The van der Waals surface area contributed by atoms with Crippen LogP contribution in [-0.4, -0.2) is 53.2 Å². The number of halogens is 2. The van der Waals surface area contributed by atoms with Gasteiger partial charge >= 0.3 is 0 Å². The molecule has 1 aliphatic rings. The number of hydrogen-bond donors (Lipinski definition) is 1. The zero-order valence-corrected chi connectivity index (χ0v) is 21.4. The molecule has 0 radical (unpaired) electrons. The van der Waals surface area contributed by atoms with Crippen molar-refractivity contribution >= 4 is 29.9 Å². The van der Waals surface area contributed by atoms with E-state index in [0.717, 1.165) is 43.4 Å². The molecule has 0 amide bonds. The Morgan fingerprint density at radius 1 is 1.15 bits per heavy atom. The van der Waals surface area contributed by atoms with Crippen molar-refractivity contribution in [2.24, 2.45) is 4.99 Å². The van der Waals surface area contributed by atoms with Gasteiger partial charge in [-0.1, -0.05) is 42.5 Å². The van der Waals surface area contributed by atoms with Gasteiger partial charge in [0.05, 0.1) is 12.6 Å². The Morgan fingerprint density at radius 2 is 1.91 bits per heavy atom. The van der Waals surface area contributed by atoms with Gasteiger partial charge in [-0.3, -0.25) is 4.99 Å². The van der Waals surface area contributed by atoms with Crippen LogP contribution in [0.4, 0.5) is 4.39 Å². The molecule has 2 unspecified atom stereocenters. The summed E-state index contributed by atoms with van der Waals surface area (Å²) in [5, 5.41) is 3.48. The summed E-state index contributed by atoms with van der Waals surface area (Å²) >= 11 is 0. The highest BCUT2D eigenvalue weighted by Crippen LogP contribution is 2.25. The Bertz CT molecular complexity index is 1020. The molecule has 176 valence electrons. The van der Waals surface area contributed by atoms with E-state index in [1.807, 2.05) is 18.5 Å². The highest BCUT2D eigenvalue weighted by Gasteiger charge is 2.28. The van der Waals surface area contributed by atoms with Gasteiger partial charge in [-0.25, -0.2) is 9.37 Å². The molecule has 2 heterocycles. The van der Waals surface area contributed by atoms with Gasteiger partial charge < -0.3 is 19.5 Å². The normalized spacial score (nSPS) is 18.6. The van der Waals surface area contributed by atoms with Crippen LogP contribution < -0.4 is 5.32 Å². The number of rotatable bonds is 6. The molecule has 4 rings (SSSR count). The molecular formula is C25H31FIN5O. The van der Waals surface area contributed by atoms with E-state index in [0.29, 0.717) is 6.54 Å².